The zero-order valence-electron chi connectivity index (χ0n) is 12.3. The van der Waals surface area contributed by atoms with Crippen molar-refractivity contribution >= 4 is 29.0 Å². The third-order valence-electron chi connectivity index (χ3n) is 4.03. The second-order valence-corrected chi connectivity index (χ2v) is 6.75. The van der Waals surface area contributed by atoms with Crippen LogP contribution in [0.5, 0.6) is 5.75 Å². The Bertz CT molecular complexity index is 588. The molecule has 1 aliphatic carbocycles. The fraction of sp³-hybridized carbons (Fsp3) is 0.412. The molecule has 5 heteroatoms. The molecule has 1 heterocycles. The molecular formula is C17H19NO3S. The summed E-state index contributed by atoms with van der Waals surface area (Å²) in [4.78, 5) is 23.0. The van der Waals surface area contributed by atoms with E-state index in [-0.39, 0.29) is 11.1 Å². The van der Waals surface area contributed by atoms with Crippen molar-refractivity contribution in [1.82, 2.24) is 5.32 Å². The van der Waals surface area contributed by atoms with Gasteiger partial charge in [-0.25, -0.2) is 0 Å². The molecule has 1 aliphatic heterocycles. The quantitative estimate of drug-likeness (QED) is 0.854. The molecule has 2 aliphatic rings. The minimum absolute atomic E-state index is 0.316. The molecule has 1 saturated carbocycles. The zero-order chi connectivity index (χ0) is 15.4. The van der Waals surface area contributed by atoms with E-state index in [0.717, 1.165) is 29.7 Å². The number of hydrogen-bond donors (Lipinski definition) is 1. The Kier molecular flexibility index (Phi) is 4.83. The summed E-state index contributed by atoms with van der Waals surface area (Å²) in [7, 11) is 0. The normalized spacial score (nSPS) is 21.2. The number of imide groups is 1. The smallest absolute Gasteiger partial charge is 0.290 e. The fourth-order valence-corrected chi connectivity index (χ4v) is 3.48. The first-order chi connectivity index (χ1) is 10.7. The van der Waals surface area contributed by atoms with Gasteiger partial charge in [-0.2, -0.15) is 0 Å². The lowest BCUT2D eigenvalue weighted by Crippen LogP contribution is -2.17. The highest BCUT2D eigenvalue weighted by Crippen LogP contribution is 2.27. The van der Waals surface area contributed by atoms with Gasteiger partial charge in [0, 0.05) is 0 Å². The van der Waals surface area contributed by atoms with Gasteiger partial charge < -0.3 is 4.74 Å². The van der Waals surface area contributed by atoms with Crippen LogP contribution in [0.3, 0.4) is 0 Å². The summed E-state index contributed by atoms with van der Waals surface area (Å²) < 4.78 is 5.85. The molecule has 0 aromatic heterocycles. The number of carbonyl (C=O) groups excluding carboxylic acids is 2. The van der Waals surface area contributed by atoms with Gasteiger partial charge in [-0.15, -0.1) is 0 Å². The molecule has 0 atom stereocenters. The lowest BCUT2D eigenvalue weighted by atomic mass is 9.90. The van der Waals surface area contributed by atoms with Gasteiger partial charge in [-0.3, -0.25) is 14.9 Å². The van der Waals surface area contributed by atoms with E-state index in [4.69, 9.17) is 4.74 Å². The molecule has 1 aromatic carbocycles. The molecule has 1 aromatic rings. The van der Waals surface area contributed by atoms with Crippen molar-refractivity contribution in [2.24, 2.45) is 5.92 Å². The zero-order valence-corrected chi connectivity index (χ0v) is 13.2. The van der Waals surface area contributed by atoms with E-state index in [2.05, 4.69) is 5.32 Å². The highest BCUT2D eigenvalue weighted by molar-refractivity contribution is 8.18. The summed E-state index contributed by atoms with van der Waals surface area (Å²) in [5, 5.41) is 1.93. The van der Waals surface area contributed by atoms with Crippen LogP contribution in [0.4, 0.5) is 4.79 Å². The van der Waals surface area contributed by atoms with Crippen molar-refractivity contribution in [3.05, 3.63) is 34.7 Å². The molecule has 3 rings (SSSR count). The van der Waals surface area contributed by atoms with E-state index in [9.17, 15) is 9.59 Å². The van der Waals surface area contributed by atoms with Crippen LogP contribution in [-0.4, -0.2) is 17.8 Å². The van der Waals surface area contributed by atoms with Crippen LogP contribution in [0.15, 0.2) is 29.2 Å². The molecule has 0 spiro atoms. The van der Waals surface area contributed by atoms with Crippen molar-refractivity contribution in [3.8, 4) is 5.75 Å². The predicted molar refractivity (Wildman–Crippen MR) is 87.6 cm³/mol. The van der Waals surface area contributed by atoms with Crippen LogP contribution in [0.1, 0.15) is 37.7 Å². The first kappa shape index (κ1) is 15.2. The minimum atomic E-state index is -0.326. The number of thioether (sulfide) groups is 1. The van der Waals surface area contributed by atoms with Gasteiger partial charge >= 0.3 is 0 Å². The fourth-order valence-electron chi connectivity index (χ4n) is 2.80. The highest BCUT2D eigenvalue weighted by atomic mass is 32.2. The number of hydrogen-bond acceptors (Lipinski definition) is 4. The molecular weight excluding hydrogens is 298 g/mol. The molecule has 2 fully saturated rings. The molecule has 2 amide bonds. The Labute approximate surface area is 134 Å². The van der Waals surface area contributed by atoms with E-state index < -0.39 is 0 Å². The SMILES string of the molecule is O=C1NC(=O)C(=Cc2ccc(OCC3CCCCC3)cc2)S1. The highest BCUT2D eigenvalue weighted by Gasteiger charge is 2.24. The van der Waals surface area contributed by atoms with Crippen molar-refractivity contribution in [1.29, 1.82) is 0 Å². The van der Waals surface area contributed by atoms with Crippen LogP contribution in [0, 0.1) is 5.92 Å². The summed E-state index contributed by atoms with van der Waals surface area (Å²) >= 11 is 0.932. The van der Waals surface area contributed by atoms with E-state index in [1.54, 1.807) is 6.08 Å². The van der Waals surface area contributed by atoms with Crippen LogP contribution < -0.4 is 10.1 Å². The van der Waals surface area contributed by atoms with Crippen LogP contribution in [0.25, 0.3) is 6.08 Å². The summed E-state index contributed by atoms with van der Waals surface area (Å²) in [5.41, 5.74) is 0.886. The van der Waals surface area contributed by atoms with Crippen molar-refractivity contribution in [3.63, 3.8) is 0 Å². The van der Waals surface area contributed by atoms with Gasteiger partial charge in [0.15, 0.2) is 0 Å². The Balaban J connectivity index is 1.57. The lowest BCUT2D eigenvalue weighted by molar-refractivity contribution is -0.115. The van der Waals surface area contributed by atoms with Gasteiger partial charge in [0.05, 0.1) is 11.5 Å². The predicted octanol–water partition coefficient (Wildman–Crippen LogP) is 3.97. The Morgan fingerprint density at radius 2 is 1.86 bits per heavy atom. The minimum Gasteiger partial charge on any atom is -0.493 e. The Morgan fingerprint density at radius 1 is 1.14 bits per heavy atom. The van der Waals surface area contributed by atoms with Crippen molar-refractivity contribution in [2.45, 2.75) is 32.1 Å². The summed E-state index contributed by atoms with van der Waals surface area (Å²) in [6.07, 6.45) is 8.25. The van der Waals surface area contributed by atoms with Gasteiger partial charge in [0.2, 0.25) is 0 Å². The average Bonchev–Trinajstić information content (AvgIpc) is 2.85. The number of nitrogens with one attached hydrogen (secondary N) is 1. The third kappa shape index (κ3) is 3.91. The number of amides is 2. The molecule has 0 unspecified atom stereocenters. The third-order valence-corrected chi connectivity index (χ3v) is 4.84. The van der Waals surface area contributed by atoms with Crippen molar-refractivity contribution in [2.75, 3.05) is 6.61 Å². The lowest BCUT2D eigenvalue weighted by Gasteiger charge is -2.21. The maximum Gasteiger partial charge on any atom is 0.290 e. The monoisotopic (exact) mass is 317 g/mol. The van der Waals surface area contributed by atoms with Gasteiger partial charge in [-0.05, 0) is 54.3 Å². The average molecular weight is 317 g/mol. The van der Waals surface area contributed by atoms with E-state index in [0.29, 0.717) is 10.8 Å². The molecule has 1 saturated heterocycles. The summed E-state index contributed by atoms with van der Waals surface area (Å²) in [6.45, 7) is 0.785. The first-order valence-corrected chi connectivity index (χ1v) is 8.50. The maximum absolute atomic E-state index is 11.5. The number of ether oxygens (including phenoxy) is 1. The summed E-state index contributed by atoms with van der Waals surface area (Å²) in [5.74, 6) is 1.21. The Morgan fingerprint density at radius 3 is 2.50 bits per heavy atom. The summed E-state index contributed by atoms with van der Waals surface area (Å²) in [6, 6.07) is 7.63. The van der Waals surface area contributed by atoms with Crippen molar-refractivity contribution < 1.29 is 14.3 Å². The topological polar surface area (TPSA) is 55.4 Å². The number of rotatable bonds is 4. The molecule has 1 N–H and O–H groups in total. The Hall–Kier alpha value is -1.75. The van der Waals surface area contributed by atoms with E-state index in [1.165, 1.54) is 32.1 Å². The molecule has 4 nitrogen and oxygen atoms in total. The molecule has 0 bridgehead atoms. The molecule has 0 radical (unpaired) electrons. The van der Waals surface area contributed by atoms with Crippen LogP contribution >= 0.6 is 11.8 Å². The van der Waals surface area contributed by atoms with E-state index in [1.807, 2.05) is 24.3 Å². The van der Waals surface area contributed by atoms with Gasteiger partial charge in [0.1, 0.15) is 5.75 Å². The second-order valence-electron chi connectivity index (χ2n) is 5.74. The van der Waals surface area contributed by atoms with Crippen LogP contribution in [-0.2, 0) is 4.79 Å². The number of benzene rings is 1. The molecule has 116 valence electrons. The second kappa shape index (κ2) is 7.01. The standard InChI is InChI=1S/C17H19NO3S/c19-16-15(22-17(20)18-16)10-12-6-8-14(9-7-12)21-11-13-4-2-1-3-5-13/h6-10,13H,1-5,11H2,(H,18,19,20). The molecule has 22 heavy (non-hydrogen) atoms. The van der Waals surface area contributed by atoms with Crippen LogP contribution in [0.2, 0.25) is 0 Å². The largest absolute Gasteiger partial charge is 0.493 e. The first-order valence-electron chi connectivity index (χ1n) is 7.68. The number of carbonyl (C=O) groups is 2. The van der Waals surface area contributed by atoms with E-state index >= 15 is 0 Å². The van der Waals surface area contributed by atoms with Gasteiger partial charge in [-0.1, -0.05) is 31.4 Å². The maximum atomic E-state index is 11.5. The van der Waals surface area contributed by atoms with Gasteiger partial charge in [0.25, 0.3) is 11.1 Å².